The van der Waals surface area contributed by atoms with E-state index >= 15 is 0 Å². The van der Waals surface area contributed by atoms with Crippen LogP contribution in [0.2, 0.25) is 5.02 Å². The van der Waals surface area contributed by atoms with Crippen molar-refractivity contribution in [3.63, 3.8) is 0 Å². The second-order valence-corrected chi connectivity index (χ2v) is 7.27. The van der Waals surface area contributed by atoms with Crippen molar-refractivity contribution < 1.29 is 14.3 Å². The lowest BCUT2D eigenvalue weighted by molar-refractivity contribution is -0.141. The van der Waals surface area contributed by atoms with E-state index in [0.717, 1.165) is 21.3 Å². The van der Waals surface area contributed by atoms with E-state index in [1.807, 2.05) is 31.2 Å². The van der Waals surface area contributed by atoms with Gasteiger partial charge in [-0.15, -0.1) is 0 Å². The molecular weight excluding hydrogens is 372 g/mol. The second-order valence-electron chi connectivity index (χ2n) is 5.83. The van der Waals surface area contributed by atoms with Gasteiger partial charge in [-0.05, 0) is 30.7 Å². The van der Waals surface area contributed by atoms with Crippen molar-refractivity contribution >= 4 is 45.0 Å². The topological polar surface area (TPSA) is 60.7 Å². The standard InChI is InChI=1S/C19H17ClN2O3S/c1-12-3-5-13(6-4-12)9-17(23)21-19-22(11-18(24)25-2)15-8-7-14(20)10-16(15)26-19/h3-8,10H,9,11H2,1-2H3. The summed E-state index contributed by atoms with van der Waals surface area (Å²) in [5.74, 6) is -0.683. The number of carbonyl (C=O) groups is 2. The van der Waals surface area contributed by atoms with Gasteiger partial charge >= 0.3 is 5.97 Å². The average molecular weight is 389 g/mol. The molecule has 26 heavy (non-hydrogen) atoms. The number of aryl methyl sites for hydroxylation is 1. The lowest BCUT2D eigenvalue weighted by atomic mass is 10.1. The predicted molar refractivity (Wildman–Crippen MR) is 102 cm³/mol. The lowest BCUT2D eigenvalue weighted by Gasteiger charge is -2.03. The Balaban J connectivity index is 2.00. The van der Waals surface area contributed by atoms with Crippen LogP contribution in [0.15, 0.2) is 47.5 Å². The highest BCUT2D eigenvalue weighted by molar-refractivity contribution is 7.16. The number of halogens is 1. The van der Waals surface area contributed by atoms with Crippen molar-refractivity contribution in [2.75, 3.05) is 7.11 Å². The number of aromatic nitrogens is 1. The summed E-state index contributed by atoms with van der Waals surface area (Å²) in [6.07, 6.45) is 0.202. The van der Waals surface area contributed by atoms with Gasteiger partial charge in [0.05, 0.1) is 23.7 Å². The van der Waals surface area contributed by atoms with Crippen LogP contribution >= 0.6 is 22.9 Å². The van der Waals surface area contributed by atoms with Crippen LogP contribution < -0.4 is 4.80 Å². The Kier molecular flexibility index (Phi) is 5.54. The summed E-state index contributed by atoms with van der Waals surface area (Å²) in [4.78, 5) is 28.8. The van der Waals surface area contributed by atoms with Crippen molar-refractivity contribution in [2.45, 2.75) is 19.9 Å². The highest BCUT2D eigenvalue weighted by atomic mass is 35.5. The molecule has 1 heterocycles. The van der Waals surface area contributed by atoms with Crippen LogP contribution in [0.4, 0.5) is 0 Å². The summed E-state index contributed by atoms with van der Waals surface area (Å²) < 4.78 is 7.28. The van der Waals surface area contributed by atoms with E-state index in [9.17, 15) is 9.59 Å². The third-order valence-corrected chi connectivity index (χ3v) is 5.13. The molecule has 0 aliphatic rings. The summed E-state index contributed by atoms with van der Waals surface area (Å²) in [6, 6.07) is 13.1. The largest absolute Gasteiger partial charge is 0.468 e. The Morgan fingerprint density at radius 2 is 1.92 bits per heavy atom. The van der Waals surface area contributed by atoms with Gasteiger partial charge in [-0.3, -0.25) is 9.59 Å². The quantitative estimate of drug-likeness (QED) is 0.642. The van der Waals surface area contributed by atoms with E-state index in [0.29, 0.717) is 9.82 Å². The Morgan fingerprint density at radius 1 is 1.19 bits per heavy atom. The molecular formula is C19H17ClN2O3S. The van der Waals surface area contributed by atoms with E-state index in [1.165, 1.54) is 18.4 Å². The van der Waals surface area contributed by atoms with Gasteiger partial charge in [-0.1, -0.05) is 52.8 Å². The zero-order valence-electron chi connectivity index (χ0n) is 14.4. The molecule has 0 spiro atoms. The van der Waals surface area contributed by atoms with Crippen LogP contribution in [0.1, 0.15) is 11.1 Å². The van der Waals surface area contributed by atoms with Crippen LogP contribution in [0, 0.1) is 6.92 Å². The Morgan fingerprint density at radius 3 is 2.62 bits per heavy atom. The van der Waals surface area contributed by atoms with Crippen molar-refractivity contribution in [3.8, 4) is 0 Å². The number of carbonyl (C=O) groups excluding carboxylic acids is 2. The number of fused-ring (bicyclic) bond motifs is 1. The van der Waals surface area contributed by atoms with Gasteiger partial charge in [-0.25, -0.2) is 0 Å². The van der Waals surface area contributed by atoms with Gasteiger partial charge in [0.25, 0.3) is 5.91 Å². The maximum absolute atomic E-state index is 12.4. The zero-order chi connectivity index (χ0) is 18.7. The van der Waals surface area contributed by atoms with Crippen LogP contribution in [0.25, 0.3) is 10.2 Å². The SMILES string of the molecule is COC(=O)Cn1c(=NC(=O)Cc2ccc(C)cc2)sc2cc(Cl)ccc21. The normalized spacial score (nSPS) is 11.7. The van der Waals surface area contributed by atoms with Gasteiger partial charge in [0.2, 0.25) is 0 Å². The summed E-state index contributed by atoms with van der Waals surface area (Å²) in [6.45, 7) is 1.98. The summed E-state index contributed by atoms with van der Waals surface area (Å²) in [5.41, 5.74) is 2.81. The second kappa shape index (κ2) is 7.85. The number of methoxy groups -OCH3 is 1. The van der Waals surface area contributed by atoms with Gasteiger partial charge in [0.1, 0.15) is 6.54 Å². The molecule has 0 atom stereocenters. The molecule has 0 saturated heterocycles. The number of amides is 1. The number of hydrogen-bond acceptors (Lipinski definition) is 4. The first-order valence-electron chi connectivity index (χ1n) is 7.95. The molecule has 3 aromatic rings. The van der Waals surface area contributed by atoms with Crippen LogP contribution in [-0.4, -0.2) is 23.6 Å². The first-order chi connectivity index (χ1) is 12.5. The fourth-order valence-corrected chi connectivity index (χ4v) is 3.83. The summed E-state index contributed by atoms with van der Waals surface area (Å²) in [7, 11) is 1.33. The molecule has 0 radical (unpaired) electrons. The zero-order valence-corrected chi connectivity index (χ0v) is 15.9. The number of esters is 1. The number of ether oxygens (including phenoxy) is 1. The molecule has 134 valence electrons. The number of benzene rings is 2. The average Bonchev–Trinajstić information content (AvgIpc) is 2.93. The minimum absolute atomic E-state index is 0.0191. The predicted octanol–water partition coefficient (Wildman–Crippen LogP) is 3.51. The fourth-order valence-electron chi connectivity index (χ4n) is 2.51. The fraction of sp³-hybridized carbons (Fsp3) is 0.211. The van der Waals surface area contributed by atoms with Crippen LogP contribution in [-0.2, 0) is 27.3 Å². The molecule has 0 N–H and O–H groups in total. The number of hydrogen-bond donors (Lipinski definition) is 0. The minimum atomic E-state index is -0.410. The van der Waals surface area contributed by atoms with E-state index in [1.54, 1.807) is 22.8 Å². The van der Waals surface area contributed by atoms with Crippen molar-refractivity contribution in [1.29, 1.82) is 0 Å². The molecule has 1 aromatic heterocycles. The maximum atomic E-state index is 12.4. The lowest BCUT2D eigenvalue weighted by Crippen LogP contribution is -2.22. The van der Waals surface area contributed by atoms with E-state index in [2.05, 4.69) is 4.99 Å². The molecule has 3 rings (SSSR count). The number of thiazole rings is 1. The van der Waals surface area contributed by atoms with Crippen LogP contribution in [0.3, 0.4) is 0 Å². The van der Waals surface area contributed by atoms with Gasteiger partial charge in [0.15, 0.2) is 4.80 Å². The third kappa shape index (κ3) is 4.20. The van der Waals surface area contributed by atoms with Crippen molar-refractivity contribution in [3.05, 3.63) is 63.4 Å². The van der Waals surface area contributed by atoms with Crippen molar-refractivity contribution in [1.82, 2.24) is 4.57 Å². The minimum Gasteiger partial charge on any atom is -0.468 e. The first kappa shape index (κ1) is 18.4. The summed E-state index contributed by atoms with van der Waals surface area (Å²) in [5, 5.41) is 0.585. The molecule has 0 bridgehead atoms. The Labute approximate surface area is 159 Å². The van der Waals surface area contributed by atoms with Gasteiger partial charge < -0.3 is 9.30 Å². The monoisotopic (exact) mass is 388 g/mol. The molecule has 2 aromatic carbocycles. The van der Waals surface area contributed by atoms with E-state index in [-0.39, 0.29) is 18.9 Å². The Hall–Kier alpha value is -2.44. The molecule has 5 nitrogen and oxygen atoms in total. The molecule has 0 unspecified atom stereocenters. The highest BCUT2D eigenvalue weighted by Crippen LogP contribution is 2.22. The van der Waals surface area contributed by atoms with Crippen LogP contribution in [0.5, 0.6) is 0 Å². The van der Waals surface area contributed by atoms with E-state index in [4.69, 9.17) is 16.3 Å². The molecule has 0 aliphatic carbocycles. The van der Waals surface area contributed by atoms with Crippen molar-refractivity contribution in [2.24, 2.45) is 4.99 Å². The highest BCUT2D eigenvalue weighted by Gasteiger charge is 2.12. The molecule has 0 fully saturated rings. The smallest absolute Gasteiger partial charge is 0.325 e. The number of rotatable bonds is 4. The maximum Gasteiger partial charge on any atom is 0.325 e. The molecule has 0 aliphatic heterocycles. The van der Waals surface area contributed by atoms with Gasteiger partial charge in [-0.2, -0.15) is 4.99 Å². The first-order valence-corrected chi connectivity index (χ1v) is 9.14. The Bertz CT molecular complexity index is 1040. The number of nitrogens with zero attached hydrogens (tertiary/aromatic N) is 2. The van der Waals surface area contributed by atoms with Gasteiger partial charge in [0, 0.05) is 5.02 Å². The van der Waals surface area contributed by atoms with E-state index < -0.39 is 5.97 Å². The molecule has 7 heteroatoms. The molecule has 0 saturated carbocycles. The molecule has 1 amide bonds. The summed E-state index contributed by atoms with van der Waals surface area (Å²) >= 11 is 7.36. The third-order valence-electron chi connectivity index (χ3n) is 3.86.